The average molecular weight is 509 g/mol. The van der Waals surface area contributed by atoms with Crippen molar-refractivity contribution in [2.24, 2.45) is 29.4 Å². The van der Waals surface area contributed by atoms with E-state index in [1.165, 1.54) is 43.4 Å². The standard InChI is InChI=1S/C26H24FN3O7/c1-30(2)20-14-8-10-7-13-11(12-5-6-29-9-15(12)27)3-4-16(31)18(13)21(32)17(10)23(34)26(14,37)24(35)19(22(20)33)25(28)36/h3-6,9-10,14,17,19-20,31,37H,7-8H2,1-2H3,(H2,28,36)/t10-,14-,17?,19?,20-,26-/m0/s1. The second-order valence-electron chi connectivity index (χ2n) is 10.1. The van der Waals surface area contributed by atoms with Crippen molar-refractivity contribution in [3.63, 3.8) is 0 Å². The molecule has 5 rings (SSSR count). The number of nitrogens with zero attached hydrogens (tertiary/aromatic N) is 2. The van der Waals surface area contributed by atoms with Crippen LogP contribution < -0.4 is 5.73 Å². The normalized spacial score (nSPS) is 31.1. The second-order valence-corrected chi connectivity index (χ2v) is 10.1. The Morgan fingerprint density at radius 2 is 1.84 bits per heavy atom. The zero-order valence-electron chi connectivity index (χ0n) is 20.0. The number of benzene rings is 1. The first kappa shape index (κ1) is 24.8. The Balaban J connectivity index is 1.67. The summed E-state index contributed by atoms with van der Waals surface area (Å²) in [6.07, 6.45) is 2.35. The summed E-state index contributed by atoms with van der Waals surface area (Å²) in [5.41, 5.74) is 3.12. The average Bonchev–Trinajstić information content (AvgIpc) is 2.82. The van der Waals surface area contributed by atoms with Crippen LogP contribution in [0, 0.1) is 29.5 Å². The number of halogens is 1. The van der Waals surface area contributed by atoms with Crippen molar-refractivity contribution in [1.82, 2.24) is 9.88 Å². The van der Waals surface area contributed by atoms with E-state index in [-0.39, 0.29) is 24.0 Å². The van der Waals surface area contributed by atoms with Gasteiger partial charge in [-0.3, -0.25) is 33.9 Å². The van der Waals surface area contributed by atoms with E-state index in [1.807, 2.05) is 0 Å². The number of aromatic nitrogens is 1. The van der Waals surface area contributed by atoms with Crippen molar-refractivity contribution in [3.8, 4) is 16.9 Å². The van der Waals surface area contributed by atoms with Crippen LogP contribution >= 0.6 is 0 Å². The fourth-order valence-electron chi connectivity index (χ4n) is 6.45. The van der Waals surface area contributed by atoms with E-state index < -0.39 is 75.9 Å². The van der Waals surface area contributed by atoms with E-state index in [1.54, 1.807) is 0 Å². The number of hydrogen-bond acceptors (Lipinski definition) is 9. The minimum Gasteiger partial charge on any atom is -0.507 e. The third-order valence-electron chi connectivity index (χ3n) is 8.01. The number of aromatic hydroxyl groups is 1. The Morgan fingerprint density at radius 3 is 2.46 bits per heavy atom. The molecule has 0 bridgehead atoms. The molecule has 11 heteroatoms. The number of amides is 1. The highest BCUT2D eigenvalue weighted by atomic mass is 19.1. The van der Waals surface area contributed by atoms with Gasteiger partial charge in [0.05, 0.1) is 23.7 Å². The van der Waals surface area contributed by atoms with Gasteiger partial charge in [0.2, 0.25) is 5.91 Å². The molecule has 1 aromatic heterocycles. The molecule has 1 aromatic carbocycles. The van der Waals surface area contributed by atoms with E-state index in [4.69, 9.17) is 5.73 Å². The molecule has 1 amide bonds. The van der Waals surface area contributed by atoms with Crippen LogP contribution in [-0.4, -0.2) is 74.9 Å². The van der Waals surface area contributed by atoms with Crippen molar-refractivity contribution in [1.29, 1.82) is 0 Å². The lowest BCUT2D eigenvalue weighted by atomic mass is 9.52. The van der Waals surface area contributed by atoms with Gasteiger partial charge in [0, 0.05) is 17.7 Å². The van der Waals surface area contributed by atoms with Crippen LogP contribution in [0.1, 0.15) is 22.3 Å². The number of hydrogen-bond donors (Lipinski definition) is 3. The van der Waals surface area contributed by atoms with E-state index in [2.05, 4.69) is 4.98 Å². The van der Waals surface area contributed by atoms with Gasteiger partial charge < -0.3 is 15.9 Å². The molecule has 3 aliphatic carbocycles. The summed E-state index contributed by atoms with van der Waals surface area (Å²) in [4.78, 5) is 71.0. The molecule has 0 spiro atoms. The number of Topliss-reactive ketones (excluding diaryl/α,β-unsaturated/α-hetero) is 4. The summed E-state index contributed by atoms with van der Waals surface area (Å²) in [7, 11) is 3.02. The molecule has 37 heavy (non-hydrogen) atoms. The first-order valence-electron chi connectivity index (χ1n) is 11.7. The van der Waals surface area contributed by atoms with Gasteiger partial charge in [-0.1, -0.05) is 6.07 Å². The second kappa shape index (κ2) is 8.35. The summed E-state index contributed by atoms with van der Waals surface area (Å²) in [5.74, 6) is -12.0. The van der Waals surface area contributed by atoms with Gasteiger partial charge >= 0.3 is 0 Å². The number of carbonyl (C=O) groups excluding carboxylic acids is 5. The van der Waals surface area contributed by atoms with Crippen LogP contribution in [0.5, 0.6) is 5.75 Å². The highest BCUT2D eigenvalue weighted by molar-refractivity contribution is 6.32. The summed E-state index contributed by atoms with van der Waals surface area (Å²) < 4.78 is 14.6. The van der Waals surface area contributed by atoms with Crippen LogP contribution in [0.15, 0.2) is 30.6 Å². The number of ketones is 4. The highest BCUT2D eigenvalue weighted by Crippen LogP contribution is 2.51. The fraction of sp³-hybridized carbons (Fsp3) is 0.385. The SMILES string of the molecule is CN(C)[C@@H]1C(=O)C(C(N)=O)C(=O)[C@@]2(O)C(=O)C3C(=O)c4c(O)ccc(-c5ccncc5F)c4C[C@H]3C[C@@H]12. The van der Waals surface area contributed by atoms with Crippen molar-refractivity contribution in [3.05, 3.63) is 47.5 Å². The van der Waals surface area contributed by atoms with Gasteiger partial charge in [-0.2, -0.15) is 0 Å². The molecule has 6 atom stereocenters. The molecule has 4 N–H and O–H groups in total. The molecule has 2 fully saturated rings. The van der Waals surface area contributed by atoms with Gasteiger partial charge in [-0.25, -0.2) is 4.39 Å². The maximum Gasteiger partial charge on any atom is 0.235 e. The molecule has 1 heterocycles. The molecule has 0 aliphatic heterocycles. The molecular formula is C26H24FN3O7. The van der Waals surface area contributed by atoms with E-state index in [0.29, 0.717) is 11.1 Å². The Bertz CT molecular complexity index is 1410. The zero-order chi connectivity index (χ0) is 27.0. The molecule has 0 radical (unpaired) electrons. The van der Waals surface area contributed by atoms with Crippen molar-refractivity contribution in [2.45, 2.75) is 24.5 Å². The predicted octanol–water partition coefficient (Wildman–Crippen LogP) is 0.0681. The summed E-state index contributed by atoms with van der Waals surface area (Å²) >= 11 is 0. The first-order valence-corrected chi connectivity index (χ1v) is 11.7. The maximum absolute atomic E-state index is 14.6. The van der Waals surface area contributed by atoms with Crippen LogP contribution in [0.4, 0.5) is 4.39 Å². The van der Waals surface area contributed by atoms with Gasteiger partial charge in [-0.05, 0) is 56.1 Å². The van der Waals surface area contributed by atoms with Crippen molar-refractivity contribution >= 4 is 29.0 Å². The Labute approximate surface area is 210 Å². The van der Waals surface area contributed by atoms with Crippen LogP contribution in [0.25, 0.3) is 11.1 Å². The van der Waals surface area contributed by atoms with Crippen LogP contribution in [-0.2, 0) is 25.6 Å². The van der Waals surface area contributed by atoms with Crippen LogP contribution in [0.3, 0.4) is 0 Å². The number of rotatable bonds is 3. The van der Waals surface area contributed by atoms with Crippen LogP contribution in [0.2, 0.25) is 0 Å². The molecule has 2 unspecified atom stereocenters. The first-order chi connectivity index (χ1) is 17.4. The van der Waals surface area contributed by atoms with E-state index in [9.17, 15) is 38.6 Å². The number of fused-ring (bicyclic) bond motifs is 3. The van der Waals surface area contributed by atoms with Crippen molar-refractivity contribution in [2.75, 3.05) is 14.1 Å². The number of likely N-dealkylation sites (N-methyl/N-ethyl adjacent to an activating group) is 1. The minimum atomic E-state index is -2.79. The van der Waals surface area contributed by atoms with E-state index in [0.717, 1.165) is 6.20 Å². The lowest BCUT2D eigenvalue weighted by molar-refractivity contribution is -0.181. The highest BCUT2D eigenvalue weighted by Gasteiger charge is 2.69. The fourth-order valence-corrected chi connectivity index (χ4v) is 6.45. The number of primary amides is 1. The Hall–Kier alpha value is -3.83. The quantitative estimate of drug-likeness (QED) is 0.485. The number of pyridine rings is 1. The number of phenols is 1. The molecule has 192 valence electrons. The topological polar surface area (TPSA) is 168 Å². The summed E-state index contributed by atoms with van der Waals surface area (Å²) in [6.45, 7) is 0. The summed E-state index contributed by atoms with van der Waals surface area (Å²) in [5, 5.41) is 22.1. The molecule has 10 nitrogen and oxygen atoms in total. The van der Waals surface area contributed by atoms with Gasteiger partial charge in [0.15, 0.2) is 34.7 Å². The molecule has 2 aromatic rings. The third-order valence-corrected chi connectivity index (χ3v) is 8.01. The smallest absolute Gasteiger partial charge is 0.235 e. The monoisotopic (exact) mass is 509 g/mol. The summed E-state index contributed by atoms with van der Waals surface area (Å²) in [6, 6.07) is 2.91. The Morgan fingerprint density at radius 1 is 1.14 bits per heavy atom. The van der Waals surface area contributed by atoms with E-state index >= 15 is 0 Å². The Kier molecular flexibility index (Phi) is 5.61. The largest absolute Gasteiger partial charge is 0.507 e. The predicted molar refractivity (Wildman–Crippen MR) is 125 cm³/mol. The minimum absolute atomic E-state index is 0.0390. The van der Waals surface area contributed by atoms with Gasteiger partial charge in [-0.15, -0.1) is 0 Å². The van der Waals surface area contributed by atoms with Crippen molar-refractivity contribution < 1.29 is 38.6 Å². The number of nitrogens with two attached hydrogens (primary N) is 1. The molecule has 3 aliphatic rings. The maximum atomic E-state index is 14.6. The zero-order valence-corrected chi connectivity index (χ0v) is 20.0. The van der Waals surface area contributed by atoms with Gasteiger partial charge in [0.25, 0.3) is 0 Å². The number of carbonyl (C=O) groups is 5. The lowest BCUT2D eigenvalue weighted by Gasteiger charge is -2.52. The molecular weight excluding hydrogens is 485 g/mol. The third kappa shape index (κ3) is 3.30. The van der Waals surface area contributed by atoms with Gasteiger partial charge in [0.1, 0.15) is 11.6 Å². The molecule has 2 saturated carbocycles. The number of phenolic OH excluding ortho intramolecular Hbond substituents is 1. The number of aliphatic hydroxyl groups is 1. The molecule has 0 saturated heterocycles. The lowest BCUT2D eigenvalue weighted by Crippen LogP contribution is -2.74.